The van der Waals surface area contributed by atoms with Crippen LogP contribution >= 0.6 is 0 Å². The van der Waals surface area contributed by atoms with Gasteiger partial charge in [0.1, 0.15) is 11.8 Å². The second kappa shape index (κ2) is 2.79. The van der Waals surface area contributed by atoms with Crippen LogP contribution in [-0.2, 0) is 7.05 Å². The Hall–Kier alpha value is -2.02. The molecule has 2 aromatic rings. The molecular weight excluding hydrogens is 164 g/mol. The second-order valence-electron chi connectivity index (χ2n) is 2.71. The highest BCUT2D eigenvalue weighted by atomic mass is 15.2. The molecule has 0 saturated heterocycles. The van der Waals surface area contributed by atoms with Gasteiger partial charge >= 0.3 is 0 Å². The molecule has 0 atom stereocenters. The van der Waals surface area contributed by atoms with E-state index >= 15 is 0 Å². The quantitative estimate of drug-likeness (QED) is 0.646. The Bertz CT molecular complexity index is 458. The van der Waals surface area contributed by atoms with Crippen molar-refractivity contribution >= 4 is 0 Å². The molecule has 13 heavy (non-hydrogen) atoms. The first-order valence-electron chi connectivity index (χ1n) is 3.88. The number of hydrogen-bond donors (Lipinski definition) is 0. The van der Waals surface area contributed by atoms with E-state index in [1.807, 2.05) is 30.1 Å². The van der Waals surface area contributed by atoms with Crippen LogP contribution in [0.3, 0.4) is 0 Å². The Labute approximate surface area is 75.7 Å². The molecule has 0 N–H and O–H groups in total. The number of aryl methyl sites for hydroxylation is 1. The lowest BCUT2D eigenvalue weighted by atomic mass is 10.5. The van der Waals surface area contributed by atoms with Crippen molar-refractivity contribution in [2.75, 3.05) is 0 Å². The predicted octanol–water partition coefficient (Wildman–Crippen LogP) is 1.08. The first-order chi connectivity index (χ1) is 6.33. The summed E-state index contributed by atoms with van der Waals surface area (Å²) in [5.74, 6) is 0.751. The lowest BCUT2D eigenvalue weighted by Crippen LogP contribution is -2.03. The molecule has 0 fully saturated rings. The van der Waals surface area contributed by atoms with Crippen LogP contribution in [0.1, 0.15) is 5.69 Å². The summed E-state index contributed by atoms with van der Waals surface area (Å²) in [7, 11) is 1.89. The van der Waals surface area contributed by atoms with Crippen LogP contribution in [-0.4, -0.2) is 14.1 Å². The van der Waals surface area contributed by atoms with E-state index in [4.69, 9.17) is 5.26 Å². The fourth-order valence-electron chi connectivity index (χ4n) is 1.24. The van der Waals surface area contributed by atoms with E-state index in [1.54, 1.807) is 16.8 Å². The minimum absolute atomic E-state index is 0.592. The highest BCUT2D eigenvalue weighted by molar-refractivity contribution is 5.30. The highest BCUT2D eigenvalue weighted by Gasteiger charge is 2.05. The smallest absolute Gasteiger partial charge is 0.214 e. The molecule has 0 saturated carbocycles. The molecule has 0 amide bonds. The van der Waals surface area contributed by atoms with Gasteiger partial charge in [0, 0.05) is 25.6 Å². The van der Waals surface area contributed by atoms with Crippen molar-refractivity contribution in [2.24, 2.45) is 7.05 Å². The first kappa shape index (κ1) is 7.62. The van der Waals surface area contributed by atoms with Crippen LogP contribution in [0, 0.1) is 11.3 Å². The van der Waals surface area contributed by atoms with Crippen molar-refractivity contribution in [3.63, 3.8) is 0 Å². The summed E-state index contributed by atoms with van der Waals surface area (Å²) >= 11 is 0. The van der Waals surface area contributed by atoms with Gasteiger partial charge < -0.3 is 4.57 Å². The van der Waals surface area contributed by atoms with Crippen molar-refractivity contribution < 1.29 is 0 Å². The zero-order valence-electron chi connectivity index (χ0n) is 7.18. The maximum atomic E-state index is 8.79. The van der Waals surface area contributed by atoms with Gasteiger partial charge in [-0.05, 0) is 12.1 Å². The monoisotopic (exact) mass is 172 g/mol. The van der Waals surface area contributed by atoms with Gasteiger partial charge in [0.25, 0.3) is 0 Å². The fraction of sp³-hybridized carbons (Fsp3) is 0.111. The average molecular weight is 172 g/mol. The Morgan fingerprint density at radius 1 is 1.46 bits per heavy atom. The van der Waals surface area contributed by atoms with Gasteiger partial charge in [-0.15, -0.1) is 0 Å². The summed E-state index contributed by atoms with van der Waals surface area (Å²) in [5, 5.41) is 8.79. The van der Waals surface area contributed by atoms with Crippen LogP contribution in [0.4, 0.5) is 0 Å². The van der Waals surface area contributed by atoms with Crippen LogP contribution in [0.5, 0.6) is 0 Å². The van der Waals surface area contributed by atoms with Crippen molar-refractivity contribution in [1.82, 2.24) is 14.1 Å². The van der Waals surface area contributed by atoms with E-state index in [1.165, 1.54) is 0 Å². The number of nitrogens with zero attached hydrogens (tertiary/aromatic N) is 4. The average Bonchev–Trinajstić information content (AvgIpc) is 2.71. The van der Waals surface area contributed by atoms with E-state index in [9.17, 15) is 0 Å². The van der Waals surface area contributed by atoms with E-state index in [-0.39, 0.29) is 0 Å². The minimum Gasteiger partial charge on any atom is -0.320 e. The summed E-state index contributed by atoms with van der Waals surface area (Å²) in [6, 6.07) is 5.69. The molecule has 64 valence electrons. The molecule has 0 aliphatic heterocycles. The summed E-state index contributed by atoms with van der Waals surface area (Å²) in [4.78, 5) is 4.14. The highest BCUT2D eigenvalue weighted by Crippen LogP contribution is 2.08. The molecule has 0 aliphatic rings. The number of aromatic nitrogens is 3. The van der Waals surface area contributed by atoms with Gasteiger partial charge in [-0.1, -0.05) is 0 Å². The zero-order chi connectivity index (χ0) is 9.26. The maximum absolute atomic E-state index is 8.79. The lowest BCUT2D eigenvalue weighted by molar-refractivity contribution is 0.816. The van der Waals surface area contributed by atoms with Crippen molar-refractivity contribution in [3.8, 4) is 12.0 Å². The molecule has 2 aromatic heterocycles. The van der Waals surface area contributed by atoms with Crippen molar-refractivity contribution in [3.05, 3.63) is 36.4 Å². The van der Waals surface area contributed by atoms with Gasteiger partial charge in [0.2, 0.25) is 5.95 Å². The predicted molar refractivity (Wildman–Crippen MR) is 47.3 cm³/mol. The molecular formula is C9H8N4. The first-order valence-corrected chi connectivity index (χ1v) is 3.88. The van der Waals surface area contributed by atoms with Crippen LogP contribution in [0.15, 0.2) is 30.7 Å². The van der Waals surface area contributed by atoms with Gasteiger partial charge in [-0.25, -0.2) is 4.98 Å². The molecule has 0 bridgehead atoms. The summed E-state index contributed by atoms with van der Waals surface area (Å²) in [5.41, 5.74) is 0.592. The van der Waals surface area contributed by atoms with Crippen molar-refractivity contribution in [1.29, 1.82) is 5.26 Å². The SMILES string of the molecule is Cn1ccnc1-n1cccc1C#N. The maximum Gasteiger partial charge on any atom is 0.214 e. The molecule has 4 nitrogen and oxygen atoms in total. The Morgan fingerprint density at radius 3 is 2.92 bits per heavy atom. The topological polar surface area (TPSA) is 46.5 Å². The molecule has 0 aliphatic carbocycles. The minimum atomic E-state index is 0.592. The van der Waals surface area contributed by atoms with Crippen molar-refractivity contribution in [2.45, 2.75) is 0 Å². The third-order valence-corrected chi connectivity index (χ3v) is 1.87. The van der Waals surface area contributed by atoms with E-state index < -0.39 is 0 Å². The Balaban J connectivity index is 2.60. The van der Waals surface area contributed by atoms with Gasteiger partial charge in [-0.2, -0.15) is 5.26 Å². The standard InChI is InChI=1S/C9H8N4/c1-12-6-4-11-9(12)13-5-2-3-8(13)7-10/h2-6H,1H3. The van der Waals surface area contributed by atoms with E-state index in [2.05, 4.69) is 11.1 Å². The molecule has 0 spiro atoms. The third kappa shape index (κ3) is 1.11. The molecule has 0 radical (unpaired) electrons. The number of imidazole rings is 1. The van der Waals surface area contributed by atoms with Crippen LogP contribution < -0.4 is 0 Å². The normalized spacial score (nSPS) is 9.85. The van der Waals surface area contributed by atoms with E-state index in [0.717, 1.165) is 5.95 Å². The number of rotatable bonds is 1. The lowest BCUT2D eigenvalue weighted by Gasteiger charge is -2.02. The summed E-state index contributed by atoms with van der Waals surface area (Å²) < 4.78 is 3.61. The van der Waals surface area contributed by atoms with E-state index in [0.29, 0.717) is 5.69 Å². The second-order valence-corrected chi connectivity index (χ2v) is 2.71. The molecule has 0 unspecified atom stereocenters. The molecule has 2 rings (SSSR count). The molecule has 0 aromatic carbocycles. The summed E-state index contributed by atoms with van der Waals surface area (Å²) in [6.07, 6.45) is 5.37. The zero-order valence-corrected chi connectivity index (χ0v) is 7.18. The number of hydrogen-bond acceptors (Lipinski definition) is 2. The van der Waals surface area contributed by atoms with Crippen LogP contribution in [0.2, 0.25) is 0 Å². The molecule has 4 heteroatoms. The Kier molecular flexibility index (Phi) is 1.64. The van der Waals surface area contributed by atoms with Gasteiger partial charge in [-0.3, -0.25) is 4.57 Å². The van der Waals surface area contributed by atoms with Gasteiger partial charge in [0.15, 0.2) is 0 Å². The summed E-state index contributed by atoms with van der Waals surface area (Å²) in [6.45, 7) is 0. The van der Waals surface area contributed by atoms with Crippen LogP contribution in [0.25, 0.3) is 5.95 Å². The third-order valence-electron chi connectivity index (χ3n) is 1.87. The Morgan fingerprint density at radius 2 is 2.31 bits per heavy atom. The largest absolute Gasteiger partial charge is 0.320 e. The number of nitriles is 1. The molecule has 2 heterocycles. The fourth-order valence-corrected chi connectivity index (χ4v) is 1.24. The van der Waals surface area contributed by atoms with Gasteiger partial charge in [0.05, 0.1) is 0 Å².